The van der Waals surface area contributed by atoms with Gasteiger partial charge in [-0.3, -0.25) is 14.6 Å². The molecule has 1 aliphatic heterocycles. The molecule has 1 aromatic carbocycles. The first-order chi connectivity index (χ1) is 13.0. The van der Waals surface area contributed by atoms with Crippen molar-refractivity contribution in [3.8, 4) is 0 Å². The van der Waals surface area contributed by atoms with Gasteiger partial charge < -0.3 is 16.0 Å². The number of piperidine rings is 1. The molecule has 3 rings (SSSR count). The third kappa shape index (κ3) is 4.63. The number of hydrogen-bond donors (Lipinski definition) is 2. The van der Waals surface area contributed by atoms with Crippen molar-refractivity contribution in [2.75, 3.05) is 26.2 Å². The molecule has 2 aromatic rings. The Morgan fingerprint density at radius 1 is 1.33 bits per heavy atom. The Morgan fingerprint density at radius 3 is 2.89 bits per heavy atom. The minimum atomic E-state index is -0.228. The van der Waals surface area contributed by atoms with Crippen molar-refractivity contribution in [3.05, 3.63) is 41.1 Å². The number of nitrogens with one attached hydrogen (secondary N) is 1. The topological polar surface area (TPSA) is 88.3 Å². The van der Waals surface area contributed by atoms with Crippen LogP contribution in [0.15, 0.2) is 24.3 Å². The van der Waals surface area contributed by atoms with Crippen LogP contribution in [0.3, 0.4) is 0 Å². The first-order valence-corrected chi connectivity index (χ1v) is 9.68. The molecule has 1 atom stereocenters. The van der Waals surface area contributed by atoms with Crippen molar-refractivity contribution in [1.29, 1.82) is 0 Å². The highest BCUT2D eigenvalue weighted by Crippen LogP contribution is 2.21. The van der Waals surface area contributed by atoms with E-state index in [2.05, 4.69) is 34.3 Å². The van der Waals surface area contributed by atoms with Crippen LogP contribution in [0.25, 0.3) is 10.9 Å². The number of carbonyl (C=O) groups excluding carboxylic acids is 2. The highest BCUT2D eigenvalue weighted by molar-refractivity contribution is 6.06. The predicted octanol–water partition coefficient (Wildman–Crippen LogP) is 2.03. The lowest BCUT2D eigenvalue weighted by atomic mass is 9.97. The molecule has 6 nitrogen and oxygen atoms in total. The number of aromatic nitrogens is 1. The number of benzene rings is 1. The van der Waals surface area contributed by atoms with E-state index in [-0.39, 0.29) is 17.7 Å². The fraction of sp³-hybridized carbons (Fsp3) is 0.476. The Bertz CT molecular complexity index is 849. The van der Waals surface area contributed by atoms with E-state index in [0.29, 0.717) is 18.7 Å². The van der Waals surface area contributed by atoms with Crippen molar-refractivity contribution < 1.29 is 9.59 Å². The average molecular weight is 368 g/mol. The Kier molecular flexibility index (Phi) is 6.06. The maximum absolute atomic E-state index is 12.8. The van der Waals surface area contributed by atoms with Crippen LogP contribution in [0.4, 0.5) is 0 Å². The van der Waals surface area contributed by atoms with E-state index in [1.807, 2.05) is 19.1 Å². The van der Waals surface area contributed by atoms with Crippen LogP contribution in [-0.2, 0) is 11.2 Å². The third-order valence-electron chi connectivity index (χ3n) is 5.28. The zero-order valence-electron chi connectivity index (χ0n) is 16.1. The van der Waals surface area contributed by atoms with E-state index >= 15 is 0 Å². The second kappa shape index (κ2) is 8.48. The van der Waals surface area contributed by atoms with Gasteiger partial charge in [0.1, 0.15) is 0 Å². The van der Waals surface area contributed by atoms with Crippen molar-refractivity contribution in [2.24, 2.45) is 11.7 Å². The summed E-state index contributed by atoms with van der Waals surface area (Å²) >= 11 is 0. The smallest absolute Gasteiger partial charge is 0.252 e. The van der Waals surface area contributed by atoms with Gasteiger partial charge in [-0.1, -0.05) is 13.0 Å². The molecule has 0 radical (unpaired) electrons. The molecule has 27 heavy (non-hydrogen) atoms. The van der Waals surface area contributed by atoms with E-state index in [1.165, 1.54) is 5.56 Å². The number of hydrogen-bond acceptors (Lipinski definition) is 4. The SMILES string of the molecule is CCc1ccc2nc(C)cc(C(=O)NCCN3CCCC(C(N)=O)C3)c2c1. The molecule has 144 valence electrons. The average Bonchev–Trinajstić information content (AvgIpc) is 2.67. The maximum atomic E-state index is 12.8. The highest BCUT2D eigenvalue weighted by atomic mass is 16.2. The number of nitrogens with two attached hydrogens (primary N) is 1. The summed E-state index contributed by atoms with van der Waals surface area (Å²) in [5.74, 6) is -0.384. The zero-order valence-corrected chi connectivity index (χ0v) is 16.1. The molecule has 0 spiro atoms. The number of primary amides is 1. The number of fused-ring (bicyclic) bond motifs is 1. The van der Waals surface area contributed by atoms with Crippen LogP contribution in [-0.4, -0.2) is 47.9 Å². The number of rotatable bonds is 6. The van der Waals surface area contributed by atoms with Gasteiger partial charge in [0.2, 0.25) is 5.91 Å². The molecule has 2 heterocycles. The number of carbonyl (C=O) groups is 2. The summed E-state index contributed by atoms with van der Waals surface area (Å²) < 4.78 is 0. The summed E-state index contributed by atoms with van der Waals surface area (Å²) in [4.78, 5) is 30.9. The van der Waals surface area contributed by atoms with Gasteiger partial charge in [-0.2, -0.15) is 0 Å². The maximum Gasteiger partial charge on any atom is 0.252 e. The Balaban J connectivity index is 1.66. The molecular weight excluding hydrogens is 340 g/mol. The lowest BCUT2D eigenvalue weighted by Crippen LogP contribution is -2.44. The lowest BCUT2D eigenvalue weighted by molar-refractivity contribution is -0.123. The van der Waals surface area contributed by atoms with E-state index < -0.39 is 0 Å². The van der Waals surface area contributed by atoms with Gasteiger partial charge in [-0.25, -0.2) is 0 Å². The van der Waals surface area contributed by atoms with Gasteiger partial charge in [-0.15, -0.1) is 0 Å². The monoisotopic (exact) mass is 368 g/mol. The van der Waals surface area contributed by atoms with Crippen LogP contribution in [0, 0.1) is 12.8 Å². The molecular formula is C21H28N4O2. The number of aryl methyl sites for hydroxylation is 2. The fourth-order valence-electron chi connectivity index (χ4n) is 3.73. The van der Waals surface area contributed by atoms with Crippen LogP contribution in [0.2, 0.25) is 0 Å². The Morgan fingerprint density at radius 2 is 2.15 bits per heavy atom. The normalized spacial score (nSPS) is 17.8. The van der Waals surface area contributed by atoms with Crippen molar-refractivity contribution >= 4 is 22.7 Å². The summed E-state index contributed by atoms with van der Waals surface area (Å²) in [7, 11) is 0. The van der Waals surface area contributed by atoms with Crippen LogP contribution in [0.1, 0.15) is 41.4 Å². The lowest BCUT2D eigenvalue weighted by Gasteiger charge is -2.31. The quantitative estimate of drug-likeness (QED) is 0.817. The zero-order chi connectivity index (χ0) is 19.4. The number of pyridine rings is 1. The van der Waals surface area contributed by atoms with E-state index in [9.17, 15) is 9.59 Å². The number of likely N-dealkylation sites (tertiary alicyclic amines) is 1. The van der Waals surface area contributed by atoms with Gasteiger partial charge in [0.15, 0.2) is 0 Å². The second-order valence-electron chi connectivity index (χ2n) is 7.31. The summed E-state index contributed by atoms with van der Waals surface area (Å²) in [6.07, 6.45) is 2.75. The third-order valence-corrected chi connectivity index (χ3v) is 5.28. The van der Waals surface area contributed by atoms with Crippen molar-refractivity contribution in [2.45, 2.75) is 33.1 Å². The molecule has 2 amide bonds. The van der Waals surface area contributed by atoms with Gasteiger partial charge in [0.25, 0.3) is 5.91 Å². The fourth-order valence-corrected chi connectivity index (χ4v) is 3.73. The number of amides is 2. The largest absolute Gasteiger partial charge is 0.369 e. The second-order valence-corrected chi connectivity index (χ2v) is 7.31. The molecule has 0 aliphatic carbocycles. The molecule has 1 aliphatic rings. The van der Waals surface area contributed by atoms with Gasteiger partial charge in [0, 0.05) is 30.7 Å². The standard InChI is InChI=1S/C21H28N4O2/c1-3-15-6-7-19-17(12-15)18(11-14(2)24-19)21(27)23-8-10-25-9-4-5-16(13-25)20(22)26/h6-7,11-12,16H,3-5,8-10,13H2,1-2H3,(H2,22,26)(H,23,27). The highest BCUT2D eigenvalue weighted by Gasteiger charge is 2.23. The van der Waals surface area contributed by atoms with Crippen LogP contribution >= 0.6 is 0 Å². The molecule has 1 fully saturated rings. The Hall–Kier alpha value is -2.47. The van der Waals surface area contributed by atoms with Crippen LogP contribution in [0.5, 0.6) is 0 Å². The predicted molar refractivity (Wildman–Crippen MR) is 107 cm³/mol. The Labute approximate surface area is 160 Å². The molecule has 3 N–H and O–H groups in total. The molecule has 1 aromatic heterocycles. The minimum Gasteiger partial charge on any atom is -0.369 e. The molecule has 0 saturated carbocycles. The van der Waals surface area contributed by atoms with E-state index in [4.69, 9.17) is 5.73 Å². The van der Waals surface area contributed by atoms with Crippen molar-refractivity contribution in [1.82, 2.24) is 15.2 Å². The molecule has 1 unspecified atom stereocenters. The van der Waals surface area contributed by atoms with Gasteiger partial charge in [0.05, 0.1) is 17.0 Å². The van der Waals surface area contributed by atoms with Crippen LogP contribution < -0.4 is 11.1 Å². The summed E-state index contributed by atoms with van der Waals surface area (Å²) in [6.45, 7) is 6.89. The van der Waals surface area contributed by atoms with Crippen molar-refractivity contribution in [3.63, 3.8) is 0 Å². The molecule has 6 heteroatoms. The first kappa shape index (κ1) is 19.3. The first-order valence-electron chi connectivity index (χ1n) is 9.68. The molecule has 1 saturated heterocycles. The van der Waals surface area contributed by atoms with E-state index in [0.717, 1.165) is 48.9 Å². The summed E-state index contributed by atoms with van der Waals surface area (Å²) in [5, 5.41) is 3.92. The summed E-state index contributed by atoms with van der Waals surface area (Å²) in [6, 6.07) is 7.94. The van der Waals surface area contributed by atoms with Gasteiger partial charge >= 0.3 is 0 Å². The number of nitrogens with zero attached hydrogens (tertiary/aromatic N) is 2. The minimum absolute atomic E-state index is 0.0753. The molecule has 0 bridgehead atoms. The summed E-state index contributed by atoms with van der Waals surface area (Å²) in [5.41, 5.74) is 8.96. The van der Waals surface area contributed by atoms with Gasteiger partial charge in [-0.05, 0) is 56.5 Å². The van der Waals surface area contributed by atoms with E-state index in [1.54, 1.807) is 0 Å².